The van der Waals surface area contributed by atoms with E-state index in [1.165, 1.54) is 0 Å². The number of rotatable bonds is 6. The Balaban J connectivity index is 4.47. The van der Waals surface area contributed by atoms with E-state index in [-0.39, 0.29) is 0 Å². The average molecular weight is 262 g/mol. The molecule has 0 unspecified atom stereocenters. The molecule has 6 heteroatoms. The van der Waals surface area contributed by atoms with Crippen molar-refractivity contribution in [3.8, 4) is 0 Å². The highest BCUT2D eigenvalue weighted by Gasteiger charge is 2.33. The van der Waals surface area contributed by atoms with Gasteiger partial charge in [-0.25, -0.2) is 4.79 Å². The molecule has 0 spiro atoms. The maximum absolute atomic E-state index is 11.7. The van der Waals surface area contributed by atoms with E-state index >= 15 is 0 Å². The largest absolute Gasteiger partial charge is 0.480 e. The summed E-state index contributed by atoms with van der Waals surface area (Å²) in [5, 5.41) is 11.5. The monoisotopic (exact) mass is 262 g/mol. The van der Waals surface area contributed by atoms with Crippen LogP contribution in [0, 0.1) is 5.41 Å². The van der Waals surface area contributed by atoms with Crippen molar-refractivity contribution in [3.63, 3.8) is 0 Å². The lowest BCUT2D eigenvalue weighted by Crippen LogP contribution is -2.53. The predicted molar refractivity (Wildman–Crippen MR) is 70.0 cm³/mol. The summed E-state index contributed by atoms with van der Waals surface area (Å²) in [6, 6.07) is -1.57. The van der Waals surface area contributed by atoms with Crippen LogP contribution in [0.2, 0.25) is 0 Å². The third-order valence-corrected chi connectivity index (χ3v) is 3.01. The average Bonchev–Trinajstić information content (AvgIpc) is 2.19. The third kappa shape index (κ3) is 5.93. The van der Waals surface area contributed by atoms with Gasteiger partial charge < -0.3 is 16.2 Å². The van der Waals surface area contributed by atoms with E-state index in [2.05, 4.69) is 5.32 Å². The quantitative estimate of drug-likeness (QED) is 0.654. The normalized spacial score (nSPS) is 15.1. The Morgan fingerprint density at radius 1 is 1.41 bits per heavy atom. The maximum Gasteiger partial charge on any atom is 0.326 e. The van der Waals surface area contributed by atoms with Crippen LogP contribution in [0.25, 0.3) is 0 Å². The van der Waals surface area contributed by atoms with Crippen molar-refractivity contribution in [1.82, 2.24) is 5.32 Å². The van der Waals surface area contributed by atoms with Crippen molar-refractivity contribution in [3.05, 3.63) is 0 Å². The molecule has 0 aromatic rings. The number of aliphatic carboxylic acids is 1. The van der Waals surface area contributed by atoms with Gasteiger partial charge in [-0.15, -0.1) is 0 Å². The van der Waals surface area contributed by atoms with Crippen LogP contribution in [0.5, 0.6) is 0 Å². The topological polar surface area (TPSA) is 92.4 Å². The number of hydrogen-bond donors (Lipinski definition) is 3. The SMILES string of the molecule is CSCC[C@H](N)C(=O)N[C@@H](C(=O)O)C(C)(C)C. The Hall–Kier alpha value is -0.750. The van der Waals surface area contributed by atoms with Gasteiger partial charge in [-0.05, 0) is 23.8 Å². The summed E-state index contributed by atoms with van der Waals surface area (Å²) in [7, 11) is 0. The van der Waals surface area contributed by atoms with E-state index in [1.54, 1.807) is 32.5 Å². The molecule has 5 nitrogen and oxygen atoms in total. The summed E-state index contributed by atoms with van der Waals surface area (Å²) in [6.07, 6.45) is 2.48. The lowest BCUT2D eigenvalue weighted by atomic mass is 9.86. The molecule has 0 rings (SSSR count). The Morgan fingerprint density at radius 2 is 1.94 bits per heavy atom. The first kappa shape index (κ1) is 16.2. The molecule has 0 radical (unpaired) electrons. The molecular formula is C11H22N2O3S. The molecular weight excluding hydrogens is 240 g/mol. The van der Waals surface area contributed by atoms with Crippen LogP contribution in [0.4, 0.5) is 0 Å². The van der Waals surface area contributed by atoms with Gasteiger partial charge in [0.15, 0.2) is 0 Å². The number of nitrogens with two attached hydrogens (primary N) is 1. The van der Waals surface area contributed by atoms with Gasteiger partial charge in [0.25, 0.3) is 0 Å². The van der Waals surface area contributed by atoms with Gasteiger partial charge in [0.2, 0.25) is 5.91 Å². The van der Waals surface area contributed by atoms with Gasteiger partial charge in [0.1, 0.15) is 6.04 Å². The first-order chi connectivity index (χ1) is 7.70. The van der Waals surface area contributed by atoms with Crippen molar-refractivity contribution in [2.24, 2.45) is 11.1 Å². The van der Waals surface area contributed by atoms with Crippen LogP contribution >= 0.6 is 11.8 Å². The molecule has 2 atom stereocenters. The second kappa shape index (κ2) is 6.86. The Labute approximate surface area is 107 Å². The zero-order valence-corrected chi connectivity index (χ0v) is 11.6. The van der Waals surface area contributed by atoms with Crippen LogP contribution in [0.1, 0.15) is 27.2 Å². The summed E-state index contributed by atoms with van der Waals surface area (Å²) < 4.78 is 0. The van der Waals surface area contributed by atoms with E-state index in [1.807, 2.05) is 6.26 Å². The van der Waals surface area contributed by atoms with Crippen LogP contribution < -0.4 is 11.1 Å². The fourth-order valence-corrected chi connectivity index (χ4v) is 1.76. The molecule has 0 aromatic heterocycles. The number of carbonyl (C=O) groups is 2. The van der Waals surface area contributed by atoms with Gasteiger partial charge in [0.05, 0.1) is 6.04 Å². The Morgan fingerprint density at radius 3 is 2.29 bits per heavy atom. The first-order valence-corrected chi connectivity index (χ1v) is 6.87. The smallest absolute Gasteiger partial charge is 0.326 e. The van der Waals surface area contributed by atoms with Crippen molar-refractivity contribution < 1.29 is 14.7 Å². The molecule has 0 fully saturated rings. The Kier molecular flexibility index (Phi) is 6.56. The zero-order chi connectivity index (χ0) is 13.6. The third-order valence-electron chi connectivity index (χ3n) is 2.37. The van der Waals surface area contributed by atoms with Gasteiger partial charge in [-0.2, -0.15) is 11.8 Å². The lowest BCUT2D eigenvalue weighted by Gasteiger charge is -2.28. The number of carbonyl (C=O) groups excluding carboxylic acids is 1. The van der Waals surface area contributed by atoms with E-state index in [0.29, 0.717) is 6.42 Å². The molecule has 4 N–H and O–H groups in total. The molecule has 0 aliphatic rings. The number of thioether (sulfide) groups is 1. The molecule has 100 valence electrons. The van der Waals surface area contributed by atoms with Crippen LogP contribution in [-0.2, 0) is 9.59 Å². The first-order valence-electron chi connectivity index (χ1n) is 5.48. The van der Waals surface area contributed by atoms with Crippen molar-refractivity contribution in [2.45, 2.75) is 39.3 Å². The highest BCUT2D eigenvalue weighted by Crippen LogP contribution is 2.19. The number of carboxylic acids is 1. The number of nitrogens with one attached hydrogen (secondary N) is 1. The van der Waals surface area contributed by atoms with Crippen LogP contribution in [0.3, 0.4) is 0 Å². The molecule has 0 aliphatic heterocycles. The molecule has 17 heavy (non-hydrogen) atoms. The van der Waals surface area contributed by atoms with Crippen molar-refractivity contribution >= 4 is 23.6 Å². The predicted octanol–water partition coefficient (Wildman–Crippen LogP) is 0.682. The van der Waals surface area contributed by atoms with Gasteiger partial charge in [-0.1, -0.05) is 20.8 Å². The van der Waals surface area contributed by atoms with Gasteiger partial charge in [0, 0.05) is 0 Å². The van der Waals surface area contributed by atoms with Gasteiger partial charge >= 0.3 is 5.97 Å². The summed E-state index contributed by atoms with van der Waals surface area (Å²) in [5.41, 5.74) is 5.14. The molecule has 0 bridgehead atoms. The van der Waals surface area contributed by atoms with Gasteiger partial charge in [-0.3, -0.25) is 4.79 Å². The minimum absolute atomic E-state index is 0.402. The summed E-state index contributed by atoms with van der Waals surface area (Å²) >= 11 is 1.60. The summed E-state index contributed by atoms with van der Waals surface area (Å²) in [4.78, 5) is 22.8. The minimum Gasteiger partial charge on any atom is -0.480 e. The summed E-state index contributed by atoms with van der Waals surface area (Å²) in [5.74, 6) is -0.661. The standard InChI is InChI=1S/C11H22N2O3S/c1-11(2,3)8(10(15)16)13-9(14)7(12)5-6-17-4/h7-8H,5-6,12H2,1-4H3,(H,13,14)(H,15,16)/t7-,8-/m0/s1. The molecule has 0 saturated carbocycles. The van der Waals surface area contributed by atoms with Crippen LogP contribution in [0.15, 0.2) is 0 Å². The summed E-state index contributed by atoms with van der Waals surface area (Å²) in [6.45, 7) is 5.29. The van der Waals surface area contributed by atoms with E-state index in [4.69, 9.17) is 10.8 Å². The second-order valence-corrected chi connectivity index (χ2v) is 6.02. The molecule has 0 saturated heterocycles. The highest BCUT2D eigenvalue weighted by molar-refractivity contribution is 7.98. The lowest BCUT2D eigenvalue weighted by molar-refractivity contribution is -0.145. The highest BCUT2D eigenvalue weighted by atomic mass is 32.2. The fourth-order valence-electron chi connectivity index (χ4n) is 1.27. The van der Waals surface area contributed by atoms with Crippen molar-refractivity contribution in [1.29, 1.82) is 0 Å². The second-order valence-electron chi connectivity index (χ2n) is 5.03. The van der Waals surface area contributed by atoms with E-state index < -0.39 is 29.4 Å². The minimum atomic E-state index is -1.04. The van der Waals surface area contributed by atoms with E-state index in [0.717, 1.165) is 5.75 Å². The van der Waals surface area contributed by atoms with Crippen LogP contribution in [-0.4, -0.2) is 41.1 Å². The molecule has 0 aliphatic carbocycles. The zero-order valence-electron chi connectivity index (χ0n) is 10.8. The number of carboxylic acid groups (broad SMARTS) is 1. The molecule has 0 heterocycles. The van der Waals surface area contributed by atoms with E-state index in [9.17, 15) is 9.59 Å². The molecule has 1 amide bonds. The maximum atomic E-state index is 11.7. The molecule has 0 aromatic carbocycles. The van der Waals surface area contributed by atoms with Crippen molar-refractivity contribution in [2.75, 3.05) is 12.0 Å². The fraction of sp³-hybridized carbons (Fsp3) is 0.818. The number of hydrogen-bond acceptors (Lipinski definition) is 4. The number of amides is 1. The Bertz CT molecular complexity index is 276.